The van der Waals surface area contributed by atoms with E-state index in [0.29, 0.717) is 0 Å². The molecule has 0 bridgehead atoms. The number of halogens is 1. The Hall–Kier alpha value is -1.94. The molecule has 0 fully saturated rings. The number of nitrogens with zero attached hydrogens (tertiary/aromatic N) is 3. The zero-order valence-corrected chi connectivity index (χ0v) is 12.0. The maximum atomic E-state index is 4.50. The first-order chi connectivity index (χ1) is 9.24. The van der Waals surface area contributed by atoms with Crippen LogP contribution in [0.4, 0.5) is 0 Å². The first-order valence-electron chi connectivity index (χ1n) is 5.97. The Morgan fingerprint density at radius 3 is 2.53 bits per heavy atom. The van der Waals surface area contributed by atoms with Gasteiger partial charge in [0.15, 0.2) is 5.82 Å². The fourth-order valence-electron chi connectivity index (χ4n) is 1.89. The molecule has 94 valence electrons. The minimum Gasteiger partial charge on any atom is -0.233 e. The molecule has 0 radical (unpaired) electrons. The van der Waals surface area contributed by atoms with Crippen LogP contribution in [0.25, 0.3) is 16.9 Å². The van der Waals surface area contributed by atoms with E-state index in [0.717, 1.165) is 27.1 Å². The normalized spacial score (nSPS) is 10.6. The highest BCUT2D eigenvalue weighted by molar-refractivity contribution is 9.10. The molecule has 3 rings (SSSR count). The fourth-order valence-corrected chi connectivity index (χ4v) is 2.11. The standard InChI is InChI=1S/C15H12BrN3/c1-11-14(16)7-8-15(18-11)19-10-13(9-17-19)12-5-3-2-4-6-12/h2-10H,1H3. The van der Waals surface area contributed by atoms with E-state index >= 15 is 0 Å². The van der Waals surface area contributed by atoms with E-state index in [4.69, 9.17) is 0 Å². The smallest absolute Gasteiger partial charge is 0.153 e. The van der Waals surface area contributed by atoms with Crippen LogP contribution in [0.5, 0.6) is 0 Å². The van der Waals surface area contributed by atoms with Crippen LogP contribution in [-0.2, 0) is 0 Å². The Labute approximate surface area is 120 Å². The second kappa shape index (κ2) is 4.97. The predicted molar refractivity (Wildman–Crippen MR) is 79.2 cm³/mol. The number of hydrogen-bond acceptors (Lipinski definition) is 2. The molecule has 0 saturated heterocycles. The molecule has 0 N–H and O–H groups in total. The molecule has 4 heteroatoms. The third-order valence-corrected chi connectivity index (χ3v) is 3.77. The van der Waals surface area contributed by atoms with Gasteiger partial charge in [-0.3, -0.25) is 0 Å². The summed E-state index contributed by atoms with van der Waals surface area (Å²) in [5.41, 5.74) is 3.19. The van der Waals surface area contributed by atoms with E-state index in [-0.39, 0.29) is 0 Å². The van der Waals surface area contributed by atoms with E-state index in [9.17, 15) is 0 Å². The number of aryl methyl sites for hydroxylation is 1. The zero-order valence-electron chi connectivity index (χ0n) is 10.4. The lowest BCUT2D eigenvalue weighted by atomic mass is 10.1. The summed E-state index contributed by atoms with van der Waals surface area (Å²) in [5.74, 6) is 0.822. The van der Waals surface area contributed by atoms with Crippen LogP contribution in [-0.4, -0.2) is 14.8 Å². The van der Waals surface area contributed by atoms with Crippen molar-refractivity contribution in [1.29, 1.82) is 0 Å². The monoisotopic (exact) mass is 313 g/mol. The van der Waals surface area contributed by atoms with Crippen molar-refractivity contribution in [3.63, 3.8) is 0 Å². The molecule has 0 atom stereocenters. The van der Waals surface area contributed by atoms with Crippen LogP contribution >= 0.6 is 15.9 Å². The summed E-state index contributed by atoms with van der Waals surface area (Å²) in [6.45, 7) is 1.97. The third kappa shape index (κ3) is 2.44. The van der Waals surface area contributed by atoms with Crippen LogP contribution in [0.3, 0.4) is 0 Å². The number of aromatic nitrogens is 3. The highest BCUT2D eigenvalue weighted by atomic mass is 79.9. The Morgan fingerprint density at radius 1 is 1.00 bits per heavy atom. The molecule has 3 nitrogen and oxygen atoms in total. The Bertz CT molecular complexity index is 704. The number of hydrogen-bond donors (Lipinski definition) is 0. The SMILES string of the molecule is Cc1nc(-n2cc(-c3ccccc3)cn2)ccc1Br. The first kappa shape index (κ1) is 12.1. The van der Waals surface area contributed by atoms with Crippen molar-refractivity contribution in [2.24, 2.45) is 0 Å². The summed E-state index contributed by atoms with van der Waals surface area (Å²) in [5, 5.41) is 4.37. The van der Waals surface area contributed by atoms with E-state index in [1.54, 1.807) is 4.68 Å². The summed E-state index contributed by atoms with van der Waals surface area (Å²) >= 11 is 3.45. The summed E-state index contributed by atoms with van der Waals surface area (Å²) in [6, 6.07) is 14.1. The van der Waals surface area contributed by atoms with Crippen LogP contribution in [0.1, 0.15) is 5.69 Å². The first-order valence-corrected chi connectivity index (χ1v) is 6.77. The van der Waals surface area contributed by atoms with Crippen molar-refractivity contribution >= 4 is 15.9 Å². The molecule has 0 aliphatic heterocycles. The fraction of sp³-hybridized carbons (Fsp3) is 0.0667. The van der Waals surface area contributed by atoms with Gasteiger partial charge >= 0.3 is 0 Å². The Morgan fingerprint density at radius 2 is 1.79 bits per heavy atom. The lowest BCUT2D eigenvalue weighted by Gasteiger charge is -2.02. The number of benzene rings is 1. The second-order valence-electron chi connectivity index (χ2n) is 4.28. The van der Waals surface area contributed by atoms with Crippen LogP contribution in [0.15, 0.2) is 59.3 Å². The molecule has 0 amide bonds. The average molecular weight is 314 g/mol. The summed E-state index contributed by atoms with van der Waals surface area (Å²) < 4.78 is 2.80. The van der Waals surface area contributed by atoms with Crippen LogP contribution < -0.4 is 0 Å². The molecule has 2 aromatic heterocycles. The van der Waals surface area contributed by atoms with Gasteiger partial charge in [0.1, 0.15) is 0 Å². The van der Waals surface area contributed by atoms with Crippen molar-refractivity contribution in [1.82, 2.24) is 14.8 Å². The van der Waals surface area contributed by atoms with Gasteiger partial charge in [0.05, 0.1) is 11.9 Å². The minimum absolute atomic E-state index is 0.822. The van der Waals surface area contributed by atoms with Gasteiger partial charge in [0, 0.05) is 16.2 Å². The zero-order chi connectivity index (χ0) is 13.2. The number of rotatable bonds is 2. The summed E-state index contributed by atoms with van der Waals surface area (Å²) in [4.78, 5) is 4.50. The Kier molecular flexibility index (Phi) is 3.17. The van der Waals surface area contributed by atoms with Crippen LogP contribution in [0, 0.1) is 6.92 Å². The maximum Gasteiger partial charge on any atom is 0.153 e. The molecular weight excluding hydrogens is 302 g/mol. The van der Waals surface area contributed by atoms with Crippen molar-refractivity contribution in [2.45, 2.75) is 6.92 Å². The number of pyridine rings is 1. The molecule has 0 unspecified atom stereocenters. The van der Waals surface area contributed by atoms with Gasteiger partial charge in [-0.2, -0.15) is 5.10 Å². The lowest BCUT2D eigenvalue weighted by molar-refractivity contribution is 0.839. The van der Waals surface area contributed by atoms with Crippen LogP contribution in [0.2, 0.25) is 0 Å². The molecule has 0 aliphatic carbocycles. The summed E-state index contributed by atoms with van der Waals surface area (Å²) in [7, 11) is 0. The van der Waals surface area contributed by atoms with Gasteiger partial charge in [0.25, 0.3) is 0 Å². The van der Waals surface area contributed by atoms with E-state index < -0.39 is 0 Å². The van der Waals surface area contributed by atoms with Gasteiger partial charge in [0.2, 0.25) is 0 Å². The molecule has 0 spiro atoms. The molecule has 0 aliphatic rings. The highest BCUT2D eigenvalue weighted by Gasteiger charge is 2.05. The maximum absolute atomic E-state index is 4.50. The molecule has 2 heterocycles. The van der Waals surface area contributed by atoms with Gasteiger partial charge < -0.3 is 0 Å². The van der Waals surface area contributed by atoms with Crippen molar-refractivity contribution in [2.75, 3.05) is 0 Å². The predicted octanol–water partition coefficient (Wildman–Crippen LogP) is 4.01. The van der Waals surface area contributed by atoms with Crippen molar-refractivity contribution in [3.05, 3.63) is 65.0 Å². The largest absolute Gasteiger partial charge is 0.233 e. The summed E-state index contributed by atoms with van der Waals surface area (Å²) in [6.07, 6.45) is 3.85. The van der Waals surface area contributed by atoms with Crippen molar-refractivity contribution < 1.29 is 0 Å². The topological polar surface area (TPSA) is 30.7 Å². The molecule has 0 saturated carbocycles. The second-order valence-corrected chi connectivity index (χ2v) is 5.13. The Balaban J connectivity index is 1.99. The lowest BCUT2D eigenvalue weighted by Crippen LogP contribution is -1.99. The molecular formula is C15H12BrN3. The van der Waals surface area contributed by atoms with E-state index in [2.05, 4.69) is 38.1 Å². The van der Waals surface area contributed by atoms with E-state index in [1.165, 1.54) is 0 Å². The molecule has 1 aromatic carbocycles. The minimum atomic E-state index is 0.822. The highest BCUT2D eigenvalue weighted by Crippen LogP contribution is 2.20. The molecule has 19 heavy (non-hydrogen) atoms. The van der Waals surface area contributed by atoms with E-state index in [1.807, 2.05) is 49.6 Å². The van der Waals surface area contributed by atoms with Gasteiger partial charge in [-0.25, -0.2) is 9.67 Å². The third-order valence-electron chi connectivity index (χ3n) is 2.93. The average Bonchev–Trinajstić information content (AvgIpc) is 2.93. The quantitative estimate of drug-likeness (QED) is 0.715. The van der Waals surface area contributed by atoms with Gasteiger partial charge in [-0.1, -0.05) is 30.3 Å². The van der Waals surface area contributed by atoms with Crippen molar-refractivity contribution in [3.8, 4) is 16.9 Å². The molecule has 3 aromatic rings. The van der Waals surface area contributed by atoms with Gasteiger partial charge in [-0.15, -0.1) is 0 Å². The van der Waals surface area contributed by atoms with Gasteiger partial charge in [-0.05, 0) is 40.5 Å².